The molecule has 2 heterocycles. The van der Waals surface area contributed by atoms with Gasteiger partial charge in [0.2, 0.25) is 10.0 Å². The summed E-state index contributed by atoms with van der Waals surface area (Å²) in [6.45, 7) is 2.64. The van der Waals surface area contributed by atoms with Gasteiger partial charge in [0.15, 0.2) is 0 Å². The van der Waals surface area contributed by atoms with E-state index < -0.39 is 15.9 Å². The molecule has 1 saturated heterocycles. The first-order valence-corrected chi connectivity index (χ1v) is 10.8. The lowest BCUT2D eigenvalue weighted by Gasteiger charge is -2.15. The van der Waals surface area contributed by atoms with Crippen LogP contribution in [0.4, 0.5) is 0 Å². The third kappa shape index (κ3) is 5.08. The van der Waals surface area contributed by atoms with Crippen molar-refractivity contribution in [1.29, 1.82) is 0 Å². The van der Waals surface area contributed by atoms with Crippen LogP contribution in [0.5, 0.6) is 0 Å². The van der Waals surface area contributed by atoms with Gasteiger partial charge in [-0.3, -0.25) is 9.78 Å². The van der Waals surface area contributed by atoms with E-state index >= 15 is 0 Å². The fourth-order valence-corrected chi connectivity index (χ4v) is 4.52. The summed E-state index contributed by atoms with van der Waals surface area (Å²) in [6.07, 6.45) is 4.90. The van der Waals surface area contributed by atoms with Crippen LogP contribution in [-0.4, -0.2) is 38.6 Å². The standard InChI is InChI=1S/C19H22ClN3O4S/c1-13(15-4-2-8-21-11-15)23-19(24)14-6-7-17(20)18(10-14)28(25,26)22-12-16-5-3-9-27-16/h2,4,6-8,10-11,13,16,22H,3,5,9,12H2,1H3,(H,23,24). The normalized spacial score (nSPS) is 18.0. The van der Waals surface area contributed by atoms with E-state index in [1.165, 1.54) is 18.2 Å². The van der Waals surface area contributed by atoms with Crippen molar-refractivity contribution in [2.24, 2.45) is 0 Å². The van der Waals surface area contributed by atoms with Gasteiger partial charge in [-0.15, -0.1) is 0 Å². The summed E-state index contributed by atoms with van der Waals surface area (Å²) < 4.78 is 33.2. The molecule has 2 atom stereocenters. The van der Waals surface area contributed by atoms with Crippen LogP contribution in [0.15, 0.2) is 47.6 Å². The molecule has 1 aliphatic rings. The van der Waals surface area contributed by atoms with Crippen molar-refractivity contribution in [1.82, 2.24) is 15.0 Å². The third-order valence-corrected chi connectivity index (χ3v) is 6.45. The van der Waals surface area contributed by atoms with Crippen LogP contribution in [0.1, 0.15) is 41.7 Å². The molecule has 3 rings (SSSR count). The molecule has 0 aliphatic carbocycles. The summed E-state index contributed by atoms with van der Waals surface area (Å²) in [7, 11) is -3.87. The molecule has 28 heavy (non-hydrogen) atoms. The van der Waals surface area contributed by atoms with Crippen LogP contribution < -0.4 is 10.0 Å². The minimum atomic E-state index is -3.87. The second kappa shape index (κ2) is 9.00. The Balaban J connectivity index is 1.73. The van der Waals surface area contributed by atoms with Crippen molar-refractivity contribution in [2.45, 2.75) is 36.8 Å². The van der Waals surface area contributed by atoms with Gasteiger partial charge in [0.25, 0.3) is 5.91 Å². The molecule has 2 N–H and O–H groups in total. The number of nitrogens with one attached hydrogen (secondary N) is 2. The monoisotopic (exact) mass is 423 g/mol. The smallest absolute Gasteiger partial charge is 0.251 e. The van der Waals surface area contributed by atoms with Gasteiger partial charge in [-0.1, -0.05) is 17.7 Å². The van der Waals surface area contributed by atoms with Gasteiger partial charge in [-0.2, -0.15) is 0 Å². The first kappa shape index (κ1) is 20.7. The van der Waals surface area contributed by atoms with Crippen molar-refractivity contribution in [3.8, 4) is 0 Å². The molecule has 1 amide bonds. The number of rotatable bonds is 7. The maximum Gasteiger partial charge on any atom is 0.251 e. The Morgan fingerprint density at radius 1 is 1.39 bits per heavy atom. The molecule has 7 nitrogen and oxygen atoms in total. The lowest BCUT2D eigenvalue weighted by atomic mass is 10.1. The van der Waals surface area contributed by atoms with Gasteiger partial charge < -0.3 is 10.1 Å². The number of halogens is 1. The van der Waals surface area contributed by atoms with Gasteiger partial charge in [0.05, 0.1) is 17.2 Å². The average molecular weight is 424 g/mol. The summed E-state index contributed by atoms with van der Waals surface area (Å²) in [5, 5.41) is 2.88. The molecule has 0 radical (unpaired) electrons. The Morgan fingerprint density at radius 3 is 2.89 bits per heavy atom. The van der Waals surface area contributed by atoms with Crippen molar-refractivity contribution >= 4 is 27.5 Å². The largest absolute Gasteiger partial charge is 0.377 e. The maximum absolute atomic E-state index is 12.6. The third-order valence-electron chi connectivity index (χ3n) is 4.54. The van der Waals surface area contributed by atoms with Crippen LogP contribution in [0.25, 0.3) is 0 Å². The number of hydrogen-bond acceptors (Lipinski definition) is 5. The van der Waals surface area contributed by atoms with Crippen molar-refractivity contribution in [2.75, 3.05) is 13.2 Å². The van der Waals surface area contributed by atoms with Crippen LogP contribution in [0.2, 0.25) is 5.02 Å². The predicted octanol–water partition coefficient (Wildman–Crippen LogP) is 2.68. The lowest BCUT2D eigenvalue weighted by Crippen LogP contribution is -2.32. The number of benzene rings is 1. The number of carbonyl (C=O) groups excluding carboxylic acids is 1. The fraction of sp³-hybridized carbons (Fsp3) is 0.368. The number of nitrogens with zero attached hydrogens (tertiary/aromatic N) is 1. The molecule has 0 bridgehead atoms. The molecule has 1 aromatic heterocycles. The first-order chi connectivity index (χ1) is 13.4. The molecule has 0 saturated carbocycles. The van der Waals surface area contributed by atoms with Crippen molar-refractivity contribution in [3.05, 3.63) is 58.9 Å². The first-order valence-electron chi connectivity index (χ1n) is 8.98. The topological polar surface area (TPSA) is 97.4 Å². The summed E-state index contributed by atoms with van der Waals surface area (Å²) >= 11 is 6.09. The van der Waals surface area contributed by atoms with E-state index in [-0.39, 0.29) is 34.2 Å². The molecule has 1 aliphatic heterocycles. The van der Waals surface area contributed by atoms with Gasteiger partial charge in [-0.05, 0) is 49.6 Å². The predicted molar refractivity (Wildman–Crippen MR) is 106 cm³/mol. The van der Waals surface area contributed by atoms with E-state index in [2.05, 4.69) is 15.0 Å². The highest BCUT2D eigenvalue weighted by atomic mass is 35.5. The number of carbonyl (C=O) groups is 1. The van der Waals surface area contributed by atoms with Gasteiger partial charge in [0, 0.05) is 31.1 Å². The van der Waals surface area contributed by atoms with E-state index in [4.69, 9.17) is 16.3 Å². The summed E-state index contributed by atoms with van der Waals surface area (Å²) in [6, 6.07) is 7.54. The second-order valence-corrected chi connectivity index (χ2v) is 8.76. The highest BCUT2D eigenvalue weighted by Crippen LogP contribution is 2.23. The maximum atomic E-state index is 12.6. The molecular weight excluding hydrogens is 402 g/mol. The van der Waals surface area contributed by atoms with Gasteiger partial charge in [0.1, 0.15) is 4.90 Å². The molecular formula is C19H22ClN3O4S. The van der Waals surface area contributed by atoms with E-state index in [9.17, 15) is 13.2 Å². The average Bonchev–Trinajstić information content (AvgIpc) is 3.21. The zero-order chi connectivity index (χ0) is 20.1. The molecule has 1 fully saturated rings. The van der Waals surface area contributed by atoms with E-state index in [0.29, 0.717) is 6.61 Å². The quantitative estimate of drug-likeness (QED) is 0.713. The summed E-state index contributed by atoms with van der Waals surface area (Å²) in [5.74, 6) is -0.399. The van der Waals surface area contributed by atoms with Crippen LogP contribution in [0.3, 0.4) is 0 Å². The van der Waals surface area contributed by atoms with Gasteiger partial charge in [-0.25, -0.2) is 13.1 Å². The highest BCUT2D eigenvalue weighted by molar-refractivity contribution is 7.89. The second-order valence-electron chi connectivity index (χ2n) is 6.61. The fourth-order valence-electron chi connectivity index (χ4n) is 2.93. The number of ether oxygens (including phenoxy) is 1. The molecule has 9 heteroatoms. The lowest BCUT2D eigenvalue weighted by molar-refractivity contribution is 0.0939. The van der Waals surface area contributed by atoms with E-state index in [1.807, 2.05) is 13.0 Å². The number of aromatic nitrogens is 1. The SMILES string of the molecule is CC(NC(=O)c1ccc(Cl)c(S(=O)(=O)NCC2CCCO2)c1)c1cccnc1. The Kier molecular flexibility index (Phi) is 6.66. The van der Waals surface area contributed by atoms with Gasteiger partial charge >= 0.3 is 0 Å². The zero-order valence-corrected chi connectivity index (χ0v) is 17.0. The Bertz CT molecular complexity index is 931. The molecule has 2 unspecified atom stereocenters. The molecule has 1 aromatic carbocycles. The van der Waals surface area contributed by atoms with Crippen LogP contribution >= 0.6 is 11.6 Å². The molecule has 150 valence electrons. The van der Waals surface area contributed by atoms with Crippen molar-refractivity contribution < 1.29 is 17.9 Å². The Labute approximate surface area is 169 Å². The Morgan fingerprint density at radius 2 is 2.21 bits per heavy atom. The molecule has 2 aromatic rings. The van der Waals surface area contributed by atoms with E-state index in [1.54, 1.807) is 18.5 Å². The minimum Gasteiger partial charge on any atom is -0.377 e. The van der Waals surface area contributed by atoms with Crippen molar-refractivity contribution in [3.63, 3.8) is 0 Å². The summed E-state index contributed by atoms with van der Waals surface area (Å²) in [5.41, 5.74) is 1.05. The number of amides is 1. The molecule has 0 spiro atoms. The zero-order valence-electron chi connectivity index (χ0n) is 15.4. The highest BCUT2D eigenvalue weighted by Gasteiger charge is 2.23. The number of sulfonamides is 1. The minimum absolute atomic E-state index is 0.0525. The number of hydrogen-bond donors (Lipinski definition) is 2. The van der Waals surface area contributed by atoms with Crippen LogP contribution in [0, 0.1) is 0 Å². The van der Waals surface area contributed by atoms with Crippen LogP contribution in [-0.2, 0) is 14.8 Å². The summed E-state index contributed by atoms with van der Waals surface area (Å²) in [4.78, 5) is 16.5. The van der Waals surface area contributed by atoms with E-state index in [0.717, 1.165) is 18.4 Å². The Hall–Kier alpha value is -2.00. The number of pyridine rings is 1.